The van der Waals surface area contributed by atoms with Gasteiger partial charge in [0.05, 0.1) is 11.9 Å². The van der Waals surface area contributed by atoms with Crippen molar-refractivity contribution < 1.29 is 0 Å². The highest BCUT2D eigenvalue weighted by Gasteiger charge is 2.18. The minimum absolute atomic E-state index is 1.06. The van der Waals surface area contributed by atoms with Crippen LogP contribution < -0.4 is 5.32 Å². The lowest BCUT2D eigenvalue weighted by atomic mass is 10.0. The average Bonchev–Trinajstić information content (AvgIpc) is 2.78. The predicted molar refractivity (Wildman–Crippen MR) is 97.3 cm³/mol. The number of hydrogen-bond donors (Lipinski definition) is 1. The van der Waals surface area contributed by atoms with Crippen molar-refractivity contribution in [3.8, 4) is 0 Å². The molecule has 23 heavy (non-hydrogen) atoms. The zero-order valence-corrected chi connectivity index (χ0v) is 14.6. The van der Waals surface area contributed by atoms with E-state index in [1.165, 1.54) is 49.2 Å². The topological polar surface area (TPSA) is 31.4 Å². The Morgan fingerprint density at radius 1 is 1.13 bits per heavy atom. The first-order valence-corrected chi connectivity index (χ1v) is 8.70. The summed E-state index contributed by atoms with van der Waals surface area (Å²) in [5, 5.41) is 3.20. The molecule has 1 aromatic heterocycles. The fraction of sp³-hybridized carbons (Fsp3) is 0.526. The molecule has 1 fully saturated rings. The molecular formula is C19H28N4. The second-order valence-electron chi connectivity index (χ2n) is 6.61. The number of anilines is 1. The van der Waals surface area contributed by atoms with Crippen molar-refractivity contribution in [2.75, 3.05) is 39.0 Å². The first kappa shape index (κ1) is 15.9. The van der Waals surface area contributed by atoms with Gasteiger partial charge in [-0.3, -0.25) is 4.98 Å². The lowest BCUT2D eigenvalue weighted by Crippen LogP contribution is -2.30. The predicted octanol–water partition coefficient (Wildman–Crippen LogP) is 3.48. The maximum Gasteiger partial charge on any atom is 0.0530 e. The van der Waals surface area contributed by atoms with E-state index in [-0.39, 0.29) is 0 Å². The molecule has 1 N–H and O–H groups in total. The summed E-state index contributed by atoms with van der Waals surface area (Å²) in [5.41, 5.74) is 6.12. The molecule has 3 heterocycles. The molecule has 0 amide bonds. The van der Waals surface area contributed by atoms with Gasteiger partial charge < -0.3 is 15.1 Å². The Kier molecular flexibility index (Phi) is 4.89. The molecule has 1 saturated heterocycles. The van der Waals surface area contributed by atoms with Crippen molar-refractivity contribution >= 4 is 11.3 Å². The Hall–Kier alpha value is -1.97. The third-order valence-electron chi connectivity index (χ3n) is 4.85. The molecule has 0 saturated carbocycles. The number of piperidine rings is 1. The van der Waals surface area contributed by atoms with Crippen molar-refractivity contribution in [3.63, 3.8) is 0 Å². The molecule has 124 valence electrons. The van der Waals surface area contributed by atoms with Crippen molar-refractivity contribution in [2.24, 2.45) is 0 Å². The molecule has 4 nitrogen and oxygen atoms in total. The fourth-order valence-electron chi connectivity index (χ4n) is 3.42. The Morgan fingerprint density at radius 3 is 2.65 bits per heavy atom. The summed E-state index contributed by atoms with van der Waals surface area (Å²) in [5.74, 6) is 0. The largest absolute Gasteiger partial charge is 0.387 e. The van der Waals surface area contributed by atoms with Crippen LogP contribution in [0.5, 0.6) is 0 Å². The summed E-state index contributed by atoms with van der Waals surface area (Å²) < 4.78 is 0. The van der Waals surface area contributed by atoms with Gasteiger partial charge in [0.1, 0.15) is 0 Å². The molecule has 0 aliphatic carbocycles. The summed E-state index contributed by atoms with van der Waals surface area (Å²) in [4.78, 5) is 9.44. The van der Waals surface area contributed by atoms with E-state index in [0.717, 1.165) is 24.3 Å². The third kappa shape index (κ3) is 3.69. The Balaban J connectivity index is 1.96. The highest BCUT2D eigenvalue weighted by molar-refractivity contribution is 5.77. The molecular weight excluding hydrogens is 284 g/mol. The zero-order valence-electron chi connectivity index (χ0n) is 14.6. The summed E-state index contributed by atoms with van der Waals surface area (Å²) in [7, 11) is 4.11. The Bertz CT molecular complexity index is 612. The number of nitrogens with one attached hydrogen (secondary N) is 1. The van der Waals surface area contributed by atoms with Gasteiger partial charge >= 0.3 is 0 Å². The molecule has 1 aromatic rings. The van der Waals surface area contributed by atoms with Crippen LogP contribution in [0.1, 0.15) is 36.9 Å². The maximum atomic E-state index is 4.55. The van der Waals surface area contributed by atoms with Gasteiger partial charge in [0.2, 0.25) is 0 Å². The molecule has 0 atom stereocenters. The van der Waals surface area contributed by atoms with Crippen LogP contribution in [-0.2, 0) is 0 Å². The molecule has 0 spiro atoms. The molecule has 2 aliphatic heterocycles. The molecule has 0 aromatic carbocycles. The number of aryl methyl sites for hydroxylation is 1. The van der Waals surface area contributed by atoms with E-state index >= 15 is 0 Å². The van der Waals surface area contributed by atoms with Gasteiger partial charge in [0, 0.05) is 68.9 Å². The van der Waals surface area contributed by atoms with Gasteiger partial charge in [-0.2, -0.15) is 0 Å². The first-order chi connectivity index (χ1) is 11.2. The van der Waals surface area contributed by atoms with Crippen LogP contribution in [-0.4, -0.2) is 48.5 Å². The van der Waals surface area contributed by atoms with Crippen LogP contribution in [0.25, 0.3) is 5.57 Å². The van der Waals surface area contributed by atoms with Gasteiger partial charge in [-0.15, -0.1) is 0 Å². The number of rotatable bonds is 3. The van der Waals surface area contributed by atoms with Crippen molar-refractivity contribution in [2.45, 2.75) is 32.6 Å². The molecule has 0 bridgehead atoms. The highest BCUT2D eigenvalue weighted by Crippen LogP contribution is 2.28. The molecule has 0 radical (unpaired) electrons. The molecule has 2 aliphatic rings. The maximum absolute atomic E-state index is 4.55. The van der Waals surface area contributed by atoms with Crippen LogP contribution in [0.3, 0.4) is 0 Å². The van der Waals surface area contributed by atoms with Crippen LogP contribution in [0.2, 0.25) is 0 Å². The van der Waals surface area contributed by atoms with E-state index in [1.807, 2.05) is 13.2 Å². The summed E-state index contributed by atoms with van der Waals surface area (Å²) in [6, 6.07) is 2.21. The molecule has 4 heteroatoms. The van der Waals surface area contributed by atoms with Gasteiger partial charge in [-0.1, -0.05) is 0 Å². The fourth-order valence-corrected chi connectivity index (χ4v) is 3.42. The van der Waals surface area contributed by atoms with E-state index in [2.05, 4.69) is 52.4 Å². The lowest BCUT2D eigenvalue weighted by Gasteiger charge is -2.31. The quantitative estimate of drug-likeness (QED) is 0.926. The van der Waals surface area contributed by atoms with Gasteiger partial charge in [0.15, 0.2) is 0 Å². The number of allylic oxidation sites excluding steroid dienone is 2. The molecule has 0 unspecified atom stereocenters. The van der Waals surface area contributed by atoms with Crippen LogP contribution in [0.15, 0.2) is 30.2 Å². The SMILES string of the molecule is CNc1cnc(C)c(C2=CN(C)CCC(N3CCCCC3)=C2)c1. The number of aromatic nitrogens is 1. The zero-order chi connectivity index (χ0) is 16.2. The number of nitrogens with zero attached hydrogens (tertiary/aromatic N) is 3. The van der Waals surface area contributed by atoms with E-state index in [1.54, 1.807) is 0 Å². The van der Waals surface area contributed by atoms with Crippen molar-refractivity contribution in [1.82, 2.24) is 14.8 Å². The van der Waals surface area contributed by atoms with E-state index < -0.39 is 0 Å². The first-order valence-electron chi connectivity index (χ1n) is 8.70. The minimum atomic E-state index is 1.06. The highest BCUT2D eigenvalue weighted by atomic mass is 15.2. The van der Waals surface area contributed by atoms with E-state index in [9.17, 15) is 0 Å². The van der Waals surface area contributed by atoms with E-state index in [0.29, 0.717) is 0 Å². The second-order valence-corrected chi connectivity index (χ2v) is 6.61. The third-order valence-corrected chi connectivity index (χ3v) is 4.85. The second kappa shape index (κ2) is 7.07. The number of hydrogen-bond acceptors (Lipinski definition) is 4. The standard InChI is InChI=1S/C19H28N4/c1-15-19(12-17(20-2)13-21-15)16-11-18(7-10-22(3)14-16)23-8-5-4-6-9-23/h11-14,20H,4-10H2,1-3H3. The van der Waals surface area contributed by atoms with Crippen LogP contribution in [0, 0.1) is 6.92 Å². The smallest absolute Gasteiger partial charge is 0.0530 e. The lowest BCUT2D eigenvalue weighted by molar-refractivity contribution is 0.272. The summed E-state index contributed by atoms with van der Waals surface area (Å²) in [6.45, 7) is 5.58. The van der Waals surface area contributed by atoms with Crippen molar-refractivity contribution in [3.05, 3.63) is 41.5 Å². The Labute approximate surface area is 139 Å². The van der Waals surface area contributed by atoms with Crippen molar-refractivity contribution in [1.29, 1.82) is 0 Å². The number of pyridine rings is 1. The van der Waals surface area contributed by atoms with Crippen LogP contribution >= 0.6 is 0 Å². The van der Waals surface area contributed by atoms with Gasteiger partial charge in [-0.25, -0.2) is 0 Å². The normalized spacial score (nSPS) is 19.1. The average molecular weight is 312 g/mol. The van der Waals surface area contributed by atoms with E-state index in [4.69, 9.17) is 0 Å². The van der Waals surface area contributed by atoms with Gasteiger partial charge in [-0.05, 0) is 38.3 Å². The van der Waals surface area contributed by atoms with Gasteiger partial charge in [0.25, 0.3) is 0 Å². The minimum Gasteiger partial charge on any atom is -0.387 e. The number of likely N-dealkylation sites (tertiary alicyclic amines) is 1. The Morgan fingerprint density at radius 2 is 1.91 bits per heavy atom. The van der Waals surface area contributed by atoms with Crippen LogP contribution in [0.4, 0.5) is 5.69 Å². The monoisotopic (exact) mass is 312 g/mol. The molecule has 3 rings (SSSR count). The summed E-state index contributed by atoms with van der Waals surface area (Å²) >= 11 is 0. The summed E-state index contributed by atoms with van der Waals surface area (Å²) in [6.07, 6.45) is 11.7.